The SMILES string of the molecule is CC(NC(=O)Nc1ccc(Cl)c(Cl)c1)c1ccc(-n2ccnc2)cc1. The lowest BCUT2D eigenvalue weighted by Crippen LogP contribution is -2.31. The molecule has 2 amide bonds. The molecule has 0 aliphatic carbocycles. The highest BCUT2D eigenvalue weighted by Crippen LogP contribution is 2.25. The standard InChI is InChI=1S/C18H16Cl2N4O/c1-12(13-2-5-15(6-3-13)24-9-8-21-11-24)22-18(25)23-14-4-7-16(19)17(20)10-14/h2-12H,1H3,(H2,22,23,25). The molecule has 3 rings (SSSR count). The van der Waals surface area contributed by atoms with Crippen molar-refractivity contribution in [1.29, 1.82) is 0 Å². The van der Waals surface area contributed by atoms with Crippen LogP contribution in [-0.4, -0.2) is 15.6 Å². The molecule has 1 aromatic heterocycles. The predicted molar refractivity (Wildman–Crippen MR) is 101 cm³/mol. The van der Waals surface area contributed by atoms with Crippen LogP contribution in [0.1, 0.15) is 18.5 Å². The molecule has 0 aliphatic heterocycles. The fraction of sp³-hybridized carbons (Fsp3) is 0.111. The third-order valence-electron chi connectivity index (χ3n) is 3.72. The molecule has 0 fully saturated rings. The molecule has 0 saturated heterocycles. The zero-order valence-electron chi connectivity index (χ0n) is 13.4. The average molecular weight is 375 g/mol. The van der Waals surface area contributed by atoms with E-state index < -0.39 is 0 Å². The molecule has 5 nitrogen and oxygen atoms in total. The van der Waals surface area contributed by atoms with Gasteiger partial charge in [0.25, 0.3) is 0 Å². The van der Waals surface area contributed by atoms with Crippen LogP contribution in [0.3, 0.4) is 0 Å². The maximum atomic E-state index is 12.1. The molecule has 0 saturated carbocycles. The van der Waals surface area contributed by atoms with Crippen molar-refractivity contribution in [2.24, 2.45) is 0 Å². The number of amides is 2. The largest absolute Gasteiger partial charge is 0.331 e. The van der Waals surface area contributed by atoms with Crippen molar-refractivity contribution >= 4 is 34.9 Å². The highest BCUT2D eigenvalue weighted by atomic mass is 35.5. The van der Waals surface area contributed by atoms with Crippen molar-refractivity contribution < 1.29 is 4.79 Å². The van der Waals surface area contributed by atoms with E-state index >= 15 is 0 Å². The third-order valence-corrected chi connectivity index (χ3v) is 4.46. The Morgan fingerprint density at radius 3 is 2.52 bits per heavy atom. The normalized spacial score (nSPS) is 11.8. The van der Waals surface area contributed by atoms with Gasteiger partial charge in [-0.2, -0.15) is 0 Å². The molecule has 0 bridgehead atoms. The van der Waals surface area contributed by atoms with Crippen LogP contribution >= 0.6 is 23.2 Å². The summed E-state index contributed by atoms with van der Waals surface area (Å²) in [5, 5.41) is 6.46. The van der Waals surface area contributed by atoms with Gasteiger partial charge in [0.05, 0.1) is 22.4 Å². The number of nitrogens with zero attached hydrogens (tertiary/aromatic N) is 2. The molecule has 7 heteroatoms. The van der Waals surface area contributed by atoms with Gasteiger partial charge in [-0.15, -0.1) is 0 Å². The fourth-order valence-corrected chi connectivity index (χ4v) is 2.67. The van der Waals surface area contributed by atoms with Gasteiger partial charge in [-0.05, 0) is 42.8 Å². The minimum Gasteiger partial charge on any atom is -0.331 e. The number of rotatable bonds is 4. The summed E-state index contributed by atoms with van der Waals surface area (Å²) in [5.74, 6) is 0. The molecule has 0 radical (unpaired) electrons. The zero-order chi connectivity index (χ0) is 17.8. The van der Waals surface area contributed by atoms with Crippen molar-refractivity contribution in [3.05, 3.63) is 76.8 Å². The number of anilines is 1. The quantitative estimate of drug-likeness (QED) is 0.670. The molecule has 0 spiro atoms. The first-order valence-corrected chi connectivity index (χ1v) is 8.39. The second-order valence-electron chi connectivity index (χ2n) is 5.51. The monoisotopic (exact) mass is 374 g/mol. The minimum atomic E-state index is -0.315. The number of halogens is 2. The summed E-state index contributed by atoms with van der Waals surface area (Å²) in [7, 11) is 0. The van der Waals surface area contributed by atoms with Crippen molar-refractivity contribution in [2.75, 3.05) is 5.32 Å². The topological polar surface area (TPSA) is 59.0 Å². The molecule has 25 heavy (non-hydrogen) atoms. The number of urea groups is 1. The van der Waals surface area contributed by atoms with Gasteiger partial charge >= 0.3 is 6.03 Å². The molecule has 3 aromatic rings. The van der Waals surface area contributed by atoms with Crippen LogP contribution in [0.5, 0.6) is 0 Å². The lowest BCUT2D eigenvalue weighted by Gasteiger charge is -2.16. The smallest absolute Gasteiger partial charge is 0.319 e. The first kappa shape index (κ1) is 17.3. The summed E-state index contributed by atoms with van der Waals surface area (Å²) < 4.78 is 1.92. The van der Waals surface area contributed by atoms with Crippen molar-refractivity contribution in [3.63, 3.8) is 0 Å². The van der Waals surface area contributed by atoms with Crippen LogP contribution in [-0.2, 0) is 0 Å². The Hall–Kier alpha value is -2.50. The van der Waals surface area contributed by atoms with Crippen molar-refractivity contribution in [3.8, 4) is 5.69 Å². The minimum absolute atomic E-state index is 0.153. The molecule has 1 atom stereocenters. The van der Waals surface area contributed by atoms with E-state index in [9.17, 15) is 4.79 Å². The lowest BCUT2D eigenvalue weighted by atomic mass is 10.1. The number of aromatic nitrogens is 2. The Morgan fingerprint density at radius 2 is 1.88 bits per heavy atom. The van der Waals surface area contributed by atoms with Crippen molar-refractivity contribution in [1.82, 2.24) is 14.9 Å². The summed E-state index contributed by atoms with van der Waals surface area (Å²) >= 11 is 11.8. The molecule has 0 aliphatic rings. The zero-order valence-corrected chi connectivity index (χ0v) is 14.9. The number of benzene rings is 2. The summed E-state index contributed by atoms with van der Waals surface area (Å²) in [6.45, 7) is 1.92. The van der Waals surface area contributed by atoms with Gasteiger partial charge in [-0.3, -0.25) is 0 Å². The van der Waals surface area contributed by atoms with E-state index in [1.54, 1.807) is 30.7 Å². The summed E-state index contributed by atoms with van der Waals surface area (Å²) in [5.41, 5.74) is 2.58. The molecular weight excluding hydrogens is 359 g/mol. The van der Waals surface area contributed by atoms with Crippen LogP contribution < -0.4 is 10.6 Å². The first-order valence-electron chi connectivity index (χ1n) is 7.64. The maximum Gasteiger partial charge on any atom is 0.319 e. The molecule has 2 N–H and O–H groups in total. The second-order valence-corrected chi connectivity index (χ2v) is 6.32. The molecular formula is C18H16Cl2N4O. The molecule has 1 unspecified atom stereocenters. The van der Waals surface area contributed by atoms with Gasteiger partial charge in [0.2, 0.25) is 0 Å². The van der Waals surface area contributed by atoms with Crippen LogP contribution in [0, 0.1) is 0 Å². The number of carbonyl (C=O) groups is 1. The number of imidazole rings is 1. The highest BCUT2D eigenvalue weighted by molar-refractivity contribution is 6.42. The predicted octanol–water partition coefficient (Wildman–Crippen LogP) is 5.06. The molecule has 128 valence electrons. The lowest BCUT2D eigenvalue weighted by molar-refractivity contribution is 0.249. The Kier molecular flexibility index (Phi) is 5.26. The van der Waals surface area contributed by atoms with E-state index in [0.717, 1.165) is 11.3 Å². The van der Waals surface area contributed by atoms with E-state index in [2.05, 4.69) is 15.6 Å². The van der Waals surface area contributed by atoms with Crippen LogP contribution in [0.4, 0.5) is 10.5 Å². The van der Waals surface area contributed by atoms with Gasteiger partial charge < -0.3 is 15.2 Å². The van der Waals surface area contributed by atoms with Gasteiger partial charge in [-0.25, -0.2) is 9.78 Å². The van der Waals surface area contributed by atoms with Gasteiger partial charge in [0.1, 0.15) is 0 Å². The van der Waals surface area contributed by atoms with Crippen LogP contribution in [0.15, 0.2) is 61.2 Å². The molecule has 2 aromatic carbocycles. The van der Waals surface area contributed by atoms with E-state index in [0.29, 0.717) is 15.7 Å². The second kappa shape index (κ2) is 7.59. The highest BCUT2D eigenvalue weighted by Gasteiger charge is 2.10. The number of hydrogen-bond donors (Lipinski definition) is 2. The fourth-order valence-electron chi connectivity index (χ4n) is 2.37. The van der Waals surface area contributed by atoms with Crippen LogP contribution in [0.2, 0.25) is 10.0 Å². The average Bonchev–Trinajstić information content (AvgIpc) is 3.13. The van der Waals surface area contributed by atoms with Gasteiger partial charge in [0.15, 0.2) is 0 Å². The summed E-state index contributed by atoms with van der Waals surface area (Å²) in [6.07, 6.45) is 5.34. The van der Waals surface area contributed by atoms with E-state index in [1.165, 1.54) is 0 Å². The number of hydrogen-bond acceptors (Lipinski definition) is 2. The number of carbonyl (C=O) groups excluding carboxylic acids is 1. The van der Waals surface area contributed by atoms with Crippen LogP contribution in [0.25, 0.3) is 5.69 Å². The Morgan fingerprint density at radius 1 is 1.12 bits per heavy atom. The Bertz CT molecular complexity index is 863. The summed E-state index contributed by atoms with van der Waals surface area (Å²) in [4.78, 5) is 16.2. The van der Waals surface area contributed by atoms with E-state index in [4.69, 9.17) is 23.2 Å². The number of nitrogens with one attached hydrogen (secondary N) is 2. The third kappa shape index (κ3) is 4.32. The molecule has 1 heterocycles. The van der Waals surface area contributed by atoms with E-state index in [-0.39, 0.29) is 12.1 Å². The van der Waals surface area contributed by atoms with Gasteiger partial charge in [0, 0.05) is 23.8 Å². The maximum absolute atomic E-state index is 12.1. The Balaban J connectivity index is 1.62. The summed E-state index contributed by atoms with van der Waals surface area (Å²) in [6, 6.07) is 12.4. The van der Waals surface area contributed by atoms with E-state index in [1.807, 2.05) is 42.0 Å². The van der Waals surface area contributed by atoms with Crippen molar-refractivity contribution in [2.45, 2.75) is 13.0 Å². The Labute approximate surface area is 155 Å². The van der Waals surface area contributed by atoms with Gasteiger partial charge in [-0.1, -0.05) is 35.3 Å². The first-order chi connectivity index (χ1) is 12.0.